The molecular formula is C20H19ClF3N5O4. The Labute approximate surface area is 190 Å². The van der Waals surface area contributed by atoms with Crippen molar-refractivity contribution in [3.63, 3.8) is 0 Å². The number of hydrogen-bond acceptors (Lipinski definition) is 8. The third-order valence-corrected chi connectivity index (χ3v) is 6.13. The van der Waals surface area contributed by atoms with Crippen LogP contribution in [-0.2, 0) is 9.53 Å². The highest BCUT2D eigenvalue weighted by Crippen LogP contribution is 2.41. The molecule has 1 saturated heterocycles. The zero-order valence-corrected chi connectivity index (χ0v) is 17.9. The summed E-state index contributed by atoms with van der Waals surface area (Å²) in [5, 5.41) is 11.2. The van der Waals surface area contributed by atoms with Crippen LogP contribution in [0.15, 0.2) is 27.0 Å². The number of ether oxygens (including phenoxy) is 1. The van der Waals surface area contributed by atoms with Gasteiger partial charge in [-0.3, -0.25) is 14.8 Å². The zero-order valence-electron chi connectivity index (χ0n) is 17.1. The normalized spacial score (nSPS) is 21.9. The van der Waals surface area contributed by atoms with Crippen molar-refractivity contribution < 1.29 is 31.5 Å². The minimum Gasteiger partial charge on any atom is -0.423 e. The summed E-state index contributed by atoms with van der Waals surface area (Å²) >= 11 is 5.94. The highest BCUT2D eigenvalue weighted by Gasteiger charge is 2.42. The van der Waals surface area contributed by atoms with Crippen molar-refractivity contribution in [2.45, 2.75) is 44.1 Å². The number of hydrogen-bond donors (Lipinski definition) is 1. The molecule has 1 aliphatic carbocycles. The molecule has 2 aromatic heterocycles. The van der Waals surface area contributed by atoms with E-state index in [0.29, 0.717) is 54.0 Å². The molecular weight excluding hydrogens is 467 g/mol. The third kappa shape index (κ3) is 4.91. The first-order valence-corrected chi connectivity index (χ1v) is 10.8. The van der Waals surface area contributed by atoms with Crippen LogP contribution >= 0.6 is 11.6 Å². The summed E-state index contributed by atoms with van der Waals surface area (Å²) in [6, 6.07) is 5.44. The first-order chi connectivity index (χ1) is 15.7. The summed E-state index contributed by atoms with van der Waals surface area (Å²) in [7, 11) is 0. The maximum Gasteiger partial charge on any atom is 0.522 e. The van der Waals surface area contributed by atoms with Crippen LogP contribution in [0.3, 0.4) is 0 Å². The number of carbonyl (C=O) groups is 1. The number of piperidine rings is 1. The zero-order chi connectivity index (χ0) is 23.2. The van der Waals surface area contributed by atoms with Gasteiger partial charge in [-0.1, -0.05) is 16.7 Å². The topological polar surface area (TPSA) is 107 Å². The van der Waals surface area contributed by atoms with Crippen LogP contribution in [0.25, 0.3) is 11.1 Å². The fourth-order valence-corrected chi connectivity index (χ4v) is 4.23. The van der Waals surface area contributed by atoms with Gasteiger partial charge in [-0.15, -0.1) is 18.3 Å². The molecule has 2 fully saturated rings. The second kappa shape index (κ2) is 8.49. The monoisotopic (exact) mass is 485 g/mol. The van der Waals surface area contributed by atoms with E-state index >= 15 is 0 Å². The molecule has 0 spiro atoms. The van der Waals surface area contributed by atoms with E-state index in [9.17, 15) is 18.0 Å². The molecule has 33 heavy (non-hydrogen) atoms. The summed E-state index contributed by atoms with van der Waals surface area (Å²) < 4.78 is 52.0. The van der Waals surface area contributed by atoms with Crippen LogP contribution in [0, 0.1) is 5.92 Å². The maximum absolute atomic E-state index is 12.6. The number of rotatable bonds is 5. The Morgan fingerprint density at radius 3 is 2.67 bits per heavy atom. The molecule has 13 heteroatoms. The molecule has 0 radical (unpaired) electrons. The van der Waals surface area contributed by atoms with Gasteiger partial charge in [-0.2, -0.15) is 4.98 Å². The number of anilines is 2. The molecule has 3 aromatic rings. The molecule has 176 valence electrons. The number of amides is 1. The van der Waals surface area contributed by atoms with Crippen molar-refractivity contribution in [2.75, 3.05) is 23.3 Å². The van der Waals surface area contributed by atoms with Crippen molar-refractivity contribution >= 4 is 40.6 Å². The lowest BCUT2D eigenvalue weighted by Gasteiger charge is -2.33. The van der Waals surface area contributed by atoms with Crippen molar-refractivity contribution in [3.05, 3.63) is 29.1 Å². The van der Waals surface area contributed by atoms with E-state index in [2.05, 4.69) is 25.2 Å². The number of benzene rings is 1. The average Bonchev–Trinajstić information content (AvgIpc) is 3.36. The lowest BCUT2D eigenvalue weighted by atomic mass is 9.82. The minimum atomic E-state index is -4.64. The molecule has 1 N–H and O–H groups in total. The first kappa shape index (κ1) is 22.0. The van der Waals surface area contributed by atoms with Gasteiger partial charge in [0.1, 0.15) is 5.52 Å². The van der Waals surface area contributed by atoms with E-state index < -0.39 is 12.5 Å². The fourth-order valence-electron chi connectivity index (χ4n) is 4.07. The van der Waals surface area contributed by atoms with Crippen molar-refractivity contribution in [3.8, 4) is 0 Å². The fraction of sp³-hybridized carbons (Fsp3) is 0.500. The average molecular weight is 486 g/mol. The Hall–Kier alpha value is -2.86. The standard InChI is InChI=1S/C20H19ClF3N5O4/c21-12-1-2-15-14(9-12)25-18(31-15)26-16(30)10-3-5-29(6-4-10)19-28-27-17(32-19)11-7-13(8-11)33-20(22,23)24/h1-2,9-11,13H,3-8H2,(H,25,26,30). The molecule has 1 aliphatic heterocycles. The molecule has 0 bridgehead atoms. The van der Waals surface area contributed by atoms with E-state index in [-0.39, 0.29) is 36.6 Å². The Bertz CT molecular complexity index is 1150. The van der Waals surface area contributed by atoms with Crippen molar-refractivity contribution in [1.82, 2.24) is 15.2 Å². The van der Waals surface area contributed by atoms with Crippen LogP contribution in [0.4, 0.5) is 25.2 Å². The molecule has 9 nitrogen and oxygen atoms in total. The minimum absolute atomic E-state index is 0.120. The van der Waals surface area contributed by atoms with Gasteiger partial charge >= 0.3 is 18.4 Å². The van der Waals surface area contributed by atoms with E-state index in [4.69, 9.17) is 20.4 Å². The van der Waals surface area contributed by atoms with Gasteiger partial charge in [-0.05, 0) is 43.9 Å². The number of alkyl halides is 3. The summed E-state index contributed by atoms with van der Waals surface area (Å²) in [6.07, 6.45) is -4.03. The van der Waals surface area contributed by atoms with Gasteiger partial charge in [-0.25, -0.2) is 0 Å². The summed E-state index contributed by atoms with van der Waals surface area (Å²) in [5.74, 6) is -0.367. The van der Waals surface area contributed by atoms with E-state index in [1.165, 1.54) is 0 Å². The molecule has 1 aromatic carbocycles. The summed E-state index contributed by atoms with van der Waals surface area (Å²) in [4.78, 5) is 18.7. The summed E-state index contributed by atoms with van der Waals surface area (Å²) in [6.45, 7) is 1.04. The highest BCUT2D eigenvalue weighted by molar-refractivity contribution is 6.31. The van der Waals surface area contributed by atoms with Crippen LogP contribution in [0.5, 0.6) is 0 Å². The van der Waals surface area contributed by atoms with Crippen molar-refractivity contribution in [2.24, 2.45) is 5.92 Å². The van der Waals surface area contributed by atoms with E-state index in [0.717, 1.165) is 0 Å². The quantitative estimate of drug-likeness (QED) is 0.563. The Balaban J connectivity index is 1.12. The number of nitrogens with zero attached hydrogens (tertiary/aromatic N) is 4. The molecule has 5 rings (SSSR count). The predicted octanol–water partition coefficient (Wildman–Crippen LogP) is 4.50. The third-order valence-electron chi connectivity index (χ3n) is 5.89. The van der Waals surface area contributed by atoms with Crippen LogP contribution in [0.2, 0.25) is 5.02 Å². The van der Waals surface area contributed by atoms with Crippen LogP contribution < -0.4 is 10.2 Å². The Morgan fingerprint density at radius 1 is 1.18 bits per heavy atom. The second-order valence-electron chi connectivity index (χ2n) is 8.16. The van der Waals surface area contributed by atoms with Crippen LogP contribution in [0.1, 0.15) is 37.5 Å². The van der Waals surface area contributed by atoms with Gasteiger partial charge in [0, 0.05) is 29.9 Å². The summed E-state index contributed by atoms with van der Waals surface area (Å²) in [5.41, 5.74) is 1.09. The van der Waals surface area contributed by atoms with Crippen LogP contribution in [-0.4, -0.2) is 46.6 Å². The largest absolute Gasteiger partial charge is 0.522 e. The second-order valence-corrected chi connectivity index (χ2v) is 8.59. The van der Waals surface area contributed by atoms with Gasteiger partial charge < -0.3 is 13.7 Å². The Kier molecular flexibility index (Phi) is 5.65. The van der Waals surface area contributed by atoms with E-state index in [1.54, 1.807) is 18.2 Å². The SMILES string of the molecule is O=C(Nc1nc2cc(Cl)ccc2o1)C1CCN(c2nnc(C3CC(OC(F)(F)F)C3)o2)CC1. The van der Waals surface area contributed by atoms with E-state index in [1.807, 2.05) is 4.90 Å². The van der Waals surface area contributed by atoms with Gasteiger partial charge in [0.05, 0.1) is 6.10 Å². The number of fused-ring (bicyclic) bond motifs is 1. The lowest BCUT2D eigenvalue weighted by molar-refractivity contribution is -0.352. The molecule has 0 atom stereocenters. The molecule has 1 saturated carbocycles. The smallest absolute Gasteiger partial charge is 0.423 e. The highest BCUT2D eigenvalue weighted by atomic mass is 35.5. The molecule has 2 aliphatic rings. The van der Waals surface area contributed by atoms with Gasteiger partial charge in [0.25, 0.3) is 0 Å². The number of halogens is 4. The molecule has 0 unspecified atom stereocenters. The lowest BCUT2D eigenvalue weighted by Crippen LogP contribution is -2.38. The van der Waals surface area contributed by atoms with Crippen molar-refractivity contribution in [1.29, 1.82) is 0 Å². The number of carbonyl (C=O) groups excluding carboxylic acids is 1. The maximum atomic E-state index is 12.6. The number of aromatic nitrogens is 3. The molecule has 1 amide bonds. The number of nitrogens with one attached hydrogen (secondary N) is 1. The van der Waals surface area contributed by atoms with Gasteiger partial charge in [0.2, 0.25) is 11.8 Å². The van der Waals surface area contributed by atoms with Gasteiger partial charge in [0.15, 0.2) is 5.58 Å². The number of oxazole rings is 1. The molecule has 3 heterocycles. The Morgan fingerprint density at radius 2 is 1.94 bits per heavy atom. The first-order valence-electron chi connectivity index (χ1n) is 10.4. The predicted molar refractivity (Wildman–Crippen MR) is 110 cm³/mol.